The fourth-order valence-corrected chi connectivity index (χ4v) is 1.33. The number of nitrogens with zero attached hydrogens (tertiary/aromatic N) is 1. The van der Waals surface area contributed by atoms with Gasteiger partial charge in [0, 0.05) is 6.07 Å². The van der Waals surface area contributed by atoms with Crippen molar-refractivity contribution in [3.63, 3.8) is 0 Å². The van der Waals surface area contributed by atoms with Crippen molar-refractivity contribution in [3.05, 3.63) is 39.7 Å². The zero-order valence-corrected chi connectivity index (χ0v) is 8.59. The van der Waals surface area contributed by atoms with Crippen LogP contribution in [0.4, 0.5) is 10.1 Å². The third kappa shape index (κ3) is 2.39. The molecule has 17 heavy (non-hydrogen) atoms. The first-order chi connectivity index (χ1) is 8.08. The minimum atomic E-state index is -0.912. The maximum atomic E-state index is 12.9. The van der Waals surface area contributed by atoms with Gasteiger partial charge in [0.05, 0.1) is 18.1 Å². The van der Waals surface area contributed by atoms with Crippen LogP contribution in [0.5, 0.6) is 0 Å². The summed E-state index contributed by atoms with van der Waals surface area (Å²) in [6.07, 6.45) is -0.412. The number of hydrogen-bond donors (Lipinski definition) is 0. The summed E-state index contributed by atoms with van der Waals surface area (Å²) in [4.78, 5) is 21.5. The van der Waals surface area contributed by atoms with Crippen molar-refractivity contribution in [2.24, 2.45) is 0 Å². The third-order valence-corrected chi connectivity index (χ3v) is 2.26. The molecule has 0 radical (unpaired) electrons. The van der Waals surface area contributed by atoms with Crippen molar-refractivity contribution in [3.8, 4) is 0 Å². The van der Waals surface area contributed by atoms with Gasteiger partial charge in [-0.1, -0.05) is 0 Å². The Hall–Kier alpha value is -2.02. The molecular weight excluding hydrogens is 233 g/mol. The van der Waals surface area contributed by atoms with E-state index in [0.29, 0.717) is 0 Å². The van der Waals surface area contributed by atoms with E-state index in [9.17, 15) is 19.3 Å². The lowest BCUT2D eigenvalue weighted by atomic mass is 10.1. The highest BCUT2D eigenvalue weighted by atomic mass is 19.1. The van der Waals surface area contributed by atoms with E-state index in [2.05, 4.69) is 0 Å². The van der Waals surface area contributed by atoms with Gasteiger partial charge in [-0.15, -0.1) is 0 Å². The number of halogens is 1. The first-order valence-electron chi connectivity index (χ1n) is 4.80. The molecule has 0 atom stereocenters. The highest BCUT2D eigenvalue weighted by molar-refractivity contribution is 5.94. The molecule has 1 heterocycles. The van der Waals surface area contributed by atoms with Gasteiger partial charge in [-0.2, -0.15) is 0 Å². The van der Waals surface area contributed by atoms with Crippen LogP contribution in [0, 0.1) is 15.9 Å². The largest absolute Gasteiger partial charge is 0.454 e. The van der Waals surface area contributed by atoms with E-state index in [1.165, 1.54) is 0 Å². The quantitative estimate of drug-likeness (QED) is 0.452. The third-order valence-electron chi connectivity index (χ3n) is 2.26. The molecule has 1 aliphatic rings. The molecule has 0 amide bonds. The van der Waals surface area contributed by atoms with Crippen molar-refractivity contribution in [2.75, 3.05) is 13.2 Å². The lowest BCUT2D eigenvalue weighted by molar-refractivity contribution is -0.385. The van der Waals surface area contributed by atoms with Crippen LogP contribution in [0.1, 0.15) is 10.4 Å². The molecule has 0 aromatic heterocycles. The second-order valence-corrected chi connectivity index (χ2v) is 3.48. The second kappa shape index (κ2) is 4.46. The molecule has 1 fully saturated rings. The standard InChI is InChI=1S/C10H8FNO5/c11-6-1-2-9(12(14)15)8(3-6)10(13)17-7-4-16-5-7/h1-3,7H,4-5H2. The van der Waals surface area contributed by atoms with E-state index in [0.717, 1.165) is 18.2 Å². The zero-order chi connectivity index (χ0) is 12.4. The second-order valence-electron chi connectivity index (χ2n) is 3.48. The topological polar surface area (TPSA) is 78.7 Å². The van der Waals surface area contributed by atoms with E-state index in [4.69, 9.17) is 9.47 Å². The maximum absolute atomic E-state index is 12.9. The average molecular weight is 241 g/mol. The lowest BCUT2D eigenvalue weighted by Gasteiger charge is -2.25. The van der Waals surface area contributed by atoms with Crippen LogP contribution in [0.15, 0.2) is 18.2 Å². The SMILES string of the molecule is O=C(OC1COC1)c1cc(F)ccc1[N+](=O)[O-]. The van der Waals surface area contributed by atoms with Crippen LogP contribution in [0.3, 0.4) is 0 Å². The smallest absolute Gasteiger partial charge is 0.345 e. The molecule has 0 bridgehead atoms. The van der Waals surface area contributed by atoms with Crippen LogP contribution < -0.4 is 0 Å². The number of carbonyl (C=O) groups is 1. The van der Waals surface area contributed by atoms with Gasteiger partial charge in [-0.25, -0.2) is 9.18 Å². The molecule has 2 rings (SSSR count). The Kier molecular flexibility index (Phi) is 3.01. The number of rotatable bonds is 3. The van der Waals surface area contributed by atoms with Crippen molar-refractivity contribution in [2.45, 2.75) is 6.10 Å². The molecule has 0 spiro atoms. The maximum Gasteiger partial charge on any atom is 0.345 e. The summed E-state index contributed by atoms with van der Waals surface area (Å²) in [5.74, 6) is -1.64. The highest BCUT2D eigenvalue weighted by Crippen LogP contribution is 2.21. The Balaban J connectivity index is 2.25. The molecular formula is C10H8FNO5. The molecule has 0 saturated carbocycles. The fourth-order valence-electron chi connectivity index (χ4n) is 1.33. The summed E-state index contributed by atoms with van der Waals surface area (Å²) < 4.78 is 22.6. The molecule has 90 valence electrons. The van der Waals surface area contributed by atoms with Crippen molar-refractivity contribution < 1.29 is 23.6 Å². The average Bonchev–Trinajstić information content (AvgIpc) is 2.22. The number of nitro benzene ring substituents is 1. The van der Waals surface area contributed by atoms with Crippen LogP contribution in [0.25, 0.3) is 0 Å². The molecule has 0 unspecified atom stereocenters. The minimum Gasteiger partial charge on any atom is -0.454 e. The van der Waals surface area contributed by atoms with E-state index < -0.39 is 28.5 Å². The van der Waals surface area contributed by atoms with Crippen LogP contribution in [0.2, 0.25) is 0 Å². The molecule has 6 nitrogen and oxygen atoms in total. The van der Waals surface area contributed by atoms with Gasteiger partial charge in [0.1, 0.15) is 17.5 Å². The van der Waals surface area contributed by atoms with Crippen LogP contribution in [-0.2, 0) is 9.47 Å². The van der Waals surface area contributed by atoms with Crippen molar-refractivity contribution in [1.82, 2.24) is 0 Å². The Morgan fingerprint density at radius 3 is 2.76 bits per heavy atom. The van der Waals surface area contributed by atoms with Gasteiger partial charge in [0.2, 0.25) is 0 Å². The fraction of sp³-hybridized carbons (Fsp3) is 0.300. The van der Waals surface area contributed by atoms with Gasteiger partial charge in [-0.05, 0) is 12.1 Å². The van der Waals surface area contributed by atoms with Crippen LogP contribution in [-0.4, -0.2) is 30.2 Å². The zero-order valence-electron chi connectivity index (χ0n) is 8.59. The minimum absolute atomic E-state index is 0.259. The van der Waals surface area contributed by atoms with Gasteiger partial charge in [0.15, 0.2) is 0 Å². The summed E-state index contributed by atoms with van der Waals surface area (Å²) in [6, 6.07) is 2.64. The monoisotopic (exact) mass is 241 g/mol. The van der Waals surface area contributed by atoms with Gasteiger partial charge >= 0.3 is 5.97 Å². The Labute approximate surface area is 95.1 Å². The molecule has 0 N–H and O–H groups in total. The Bertz CT molecular complexity index is 472. The highest BCUT2D eigenvalue weighted by Gasteiger charge is 2.28. The number of carbonyl (C=O) groups excluding carboxylic acids is 1. The molecule has 0 aliphatic carbocycles. The number of hydrogen-bond acceptors (Lipinski definition) is 5. The number of nitro groups is 1. The van der Waals surface area contributed by atoms with E-state index in [1.807, 2.05) is 0 Å². The molecule has 1 aromatic rings. The summed E-state index contributed by atoms with van der Waals surface area (Å²) in [6.45, 7) is 0.518. The molecule has 1 aromatic carbocycles. The van der Waals surface area contributed by atoms with E-state index in [-0.39, 0.29) is 18.8 Å². The Morgan fingerprint density at radius 2 is 2.24 bits per heavy atom. The van der Waals surface area contributed by atoms with Gasteiger partial charge < -0.3 is 9.47 Å². The first kappa shape index (κ1) is 11.5. The van der Waals surface area contributed by atoms with E-state index in [1.54, 1.807) is 0 Å². The van der Waals surface area contributed by atoms with E-state index >= 15 is 0 Å². The van der Waals surface area contributed by atoms with Crippen molar-refractivity contribution in [1.29, 1.82) is 0 Å². The molecule has 1 saturated heterocycles. The Morgan fingerprint density at radius 1 is 1.53 bits per heavy atom. The van der Waals surface area contributed by atoms with Crippen LogP contribution >= 0.6 is 0 Å². The summed E-state index contributed by atoms with van der Waals surface area (Å²) in [5.41, 5.74) is -0.862. The lowest BCUT2D eigenvalue weighted by Crippen LogP contribution is -2.37. The predicted octanol–water partition coefficient (Wildman–Crippen LogP) is 1.29. The summed E-state index contributed by atoms with van der Waals surface area (Å²) in [5, 5.41) is 10.7. The first-order valence-corrected chi connectivity index (χ1v) is 4.80. The normalized spacial score (nSPS) is 15.1. The number of ether oxygens (including phenoxy) is 2. The molecule has 1 aliphatic heterocycles. The van der Waals surface area contributed by atoms with Crippen molar-refractivity contribution >= 4 is 11.7 Å². The molecule has 7 heteroatoms. The van der Waals surface area contributed by atoms with Gasteiger partial charge in [-0.3, -0.25) is 10.1 Å². The summed E-state index contributed by atoms with van der Waals surface area (Å²) >= 11 is 0. The van der Waals surface area contributed by atoms with Gasteiger partial charge in [0.25, 0.3) is 5.69 Å². The number of esters is 1. The number of benzene rings is 1. The predicted molar refractivity (Wildman–Crippen MR) is 53.1 cm³/mol. The summed E-state index contributed by atoms with van der Waals surface area (Å²) in [7, 11) is 0.